The lowest BCUT2D eigenvalue weighted by molar-refractivity contribution is -0.171. The molecule has 2 heterocycles. The van der Waals surface area contributed by atoms with E-state index in [1.807, 2.05) is 66.7 Å². The fourth-order valence-corrected chi connectivity index (χ4v) is 9.13. The quantitative estimate of drug-likeness (QED) is 0.110. The molecule has 4 N–H and O–H groups in total. The fraction of sp³-hybridized carbons (Fsp3) is 0.447. The van der Waals surface area contributed by atoms with Gasteiger partial charge in [-0.2, -0.15) is 0 Å². The Morgan fingerprint density at radius 3 is 2.23 bits per heavy atom. The van der Waals surface area contributed by atoms with Gasteiger partial charge in [-0.1, -0.05) is 77.4 Å². The minimum atomic E-state index is -1.75. The molecule has 5 atom stereocenters. The van der Waals surface area contributed by atoms with Crippen molar-refractivity contribution in [2.75, 3.05) is 0 Å². The molecule has 2 fully saturated rings. The Kier molecular flexibility index (Phi) is 11.3. The fourth-order valence-electron chi connectivity index (χ4n) is 9.13. The summed E-state index contributed by atoms with van der Waals surface area (Å²) in [5, 5.41) is 36.4. The van der Waals surface area contributed by atoms with Gasteiger partial charge in [0.05, 0.1) is 5.60 Å². The van der Waals surface area contributed by atoms with Gasteiger partial charge < -0.3 is 30.1 Å². The molecule has 1 spiro atoms. The number of carbonyl (C=O) groups excluding carboxylic acids is 3. The molecule has 302 valence electrons. The van der Waals surface area contributed by atoms with E-state index >= 15 is 0 Å². The van der Waals surface area contributed by atoms with Gasteiger partial charge in [-0.3, -0.25) is 14.4 Å². The van der Waals surface area contributed by atoms with Gasteiger partial charge >= 0.3 is 5.97 Å². The van der Waals surface area contributed by atoms with Crippen molar-refractivity contribution in [1.82, 2.24) is 5.32 Å². The van der Waals surface area contributed by atoms with E-state index in [1.54, 1.807) is 43.3 Å². The number of ether oxygens (including phenoxy) is 2. The number of phenolic OH excluding ortho intramolecular Hbond substituents is 2. The van der Waals surface area contributed by atoms with Crippen LogP contribution in [0, 0.1) is 11.8 Å². The largest absolute Gasteiger partial charge is 0.507 e. The molecular weight excluding hydrogens is 723 g/mol. The lowest BCUT2D eigenvalue weighted by Crippen LogP contribution is -2.72. The minimum absolute atomic E-state index is 0.0186. The summed E-state index contributed by atoms with van der Waals surface area (Å²) >= 11 is 0. The Morgan fingerprint density at radius 1 is 0.912 bits per heavy atom. The molecule has 4 unspecified atom stereocenters. The van der Waals surface area contributed by atoms with Crippen LogP contribution >= 0.6 is 0 Å². The van der Waals surface area contributed by atoms with Crippen molar-refractivity contribution in [2.24, 2.45) is 11.8 Å². The highest BCUT2D eigenvalue weighted by Gasteiger charge is 2.81. The van der Waals surface area contributed by atoms with E-state index in [2.05, 4.69) is 11.4 Å². The number of carboxylic acids is 1. The molecule has 1 saturated carbocycles. The summed E-state index contributed by atoms with van der Waals surface area (Å²) in [6.07, 6.45) is 11.6. The average molecular weight is 778 g/mol. The van der Waals surface area contributed by atoms with E-state index in [0.29, 0.717) is 12.0 Å². The van der Waals surface area contributed by atoms with Crippen molar-refractivity contribution in [3.05, 3.63) is 111 Å². The number of amides is 1. The molecule has 1 saturated heterocycles. The van der Waals surface area contributed by atoms with Crippen LogP contribution in [-0.4, -0.2) is 61.6 Å². The maximum Gasteiger partial charge on any atom is 0.326 e. The predicted octanol–water partition coefficient (Wildman–Crippen LogP) is 8.00. The molecule has 5 aliphatic rings. The molecule has 3 aliphatic carbocycles. The van der Waals surface area contributed by atoms with Crippen LogP contribution < -0.4 is 10.1 Å². The Labute approximate surface area is 335 Å². The van der Waals surface area contributed by atoms with E-state index in [0.717, 1.165) is 29.6 Å². The number of Topliss-reactive ketones (excluding diaryl/α,β-unsaturated/α-hetero) is 2. The number of ketones is 2. The third-order valence-electron chi connectivity index (χ3n) is 12.1. The normalized spacial score (nSPS) is 24.8. The first-order valence-corrected chi connectivity index (χ1v) is 19.8. The number of rotatable bonds is 14. The van der Waals surface area contributed by atoms with E-state index in [4.69, 9.17) is 9.47 Å². The Bertz CT molecular complexity index is 2160. The second-order valence-corrected chi connectivity index (χ2v) is 17.1. The lowest BCUT2D eigenvalue weighted by atomic mass is 9.51. The van der Waals surface area contributed by atoms with E-state index in [9.17, 15) is 34.5 Å². The standard InChI is InChI=1S/C47H55NO9/c1-26(2)13-12-14-28(5)18-20-32-38(49)33(19-17-27(3)4)41-37(39(32)50)40(51)34-24-31-25-36-45(7,8)57-46(42(31)52,47(34,36)56-41)22-21-29(6)43(53)48-35(44(54)55)23-30-15-10-9-11-16-30/h9-11,13,15-18,21,24,31,35-36,49-50H,12,14,19-20,22-23,25H2,1-8H3,(H,48,53)(H,54,55)/b28-18+,29-21-/t31?,35-,36?,46?,47?/m1/s1. The number of phenols is 2. The number of carbonyl (C=O) groups is 4. The Hall–Kier alpha value is -5.22. The summed E-state index contributed by atoms with van der Waals surface area (Å²) in [4.78, 5) is 55.3. The predicted molar refractivity (Wildman–Crippen MR) is 217 cm³/mol. The number of nitrogens with one attached hydrogen (secondary N) is 1. The summed E-state index contributed by atoms with van der Waals surface area (Å²) in [5.41, 5.74) is 0.552. The first kappa shape index (κ1) is 41.4. The molecule has 2 aliphatic heterocycles. The number of benzene rings is 2. The van der Waals surface area contributed by atoms with E-state index in [1.165, 1.54) is 5.57 Å². The van der Waals surface area contributed by atoms with Crippen molar-refractivity contribution < 1.29 is 44.0 Å². The van der Waals surface area contributed by atoms with Crippen LogP contribution in [0.2, 0.25) is 0 Å². The summed E-state index contributed by atoms with van der Waals surface area (Å²) in [7, 11) is 0. The molecule has 10 nitrogen and oxygen atoms in total. The van der Waals surface area contributed by atoms with Crippen LogP contribution in [0.1, 0.15) is 108 Å². The van der Waals surface area contributed by atoms with Crippen LogP contribution in [0.4, 0.5) is 0 Å². The summed E-state index contributed by atoms with van der Waals surface area (Å²) in [6.45, 7) is 15.2. The number of hydrogen-bond donors (Lipinski definition) is 4. The molecule has 57 heavy (non-hydrogen) atoms. The van der Waals surface area contributed by atoms with E-state index < -0.39 is 52.3 Å². The van der Waals surface area contributed by atoms with Crippen molar-refractivity contribution in [2.45, 2.75) is 123 Å². The van der Waals surface area contributed by atoms with Crippen LogP contribution in [0.25, 0.3) is 0 Å². The van der Waals surface area contributed by atoms with Crippen molar-refractivity contribution in [1.29, 1.82) is 0 Å². The third kappa shape index (κ3) is 7.29. The number of allylic oxidation sites excluding steroid dienone is 7. The van der Waals surface area contributed by atoms with Crippen molar-refractivity contribution in [3.63, 3.8) is 0 Å². The molecular formula is C47H55NO9. The maximum atomic E-state index is 15.0. The SMILES string of the molecule is CC(C)=CCC/C(C)=C/Cc1c(O)c(CC=C(C)C)c2c(c1O)C(=O)C1=CC3CC4C(C)(C)OC(C/C=C(/C)C(=O)N[C@H](Cc5ccccc5)C(=O)O)(C3=O)C14O2. The zero-order chi connectivity index (χ0) is 41.6. The third-order valence-corrected chi connectivity index (χ3v) is 12.1. The minimum Gasteiger partial charge on any atom is -0.507 e. The van der Waals surface area contributed by atoms with Crippen LogP contribution in [-0.2, 0) is 38.4 Å². The topological polar surface area (TPSA) is 159 Å². The van der Waals surface area contributed by atoms with Crippen molar-refractivity contribution >= 4 is 23.4 Å². The highest BCUT2D eigenvalue weighted by atomic mass is 16.6. The molecule has 10 heteroatoms. The van der Waals surface area contributed by atoms with Crippen molar-refractivity contribution in [3.8, 4) is 17.2 Å². The van der Waals surface area contributed by atoms with Gasteiger partial charge in [-0.05, 0) is 93.1 Å². The summed E-state index contributed by atoms with van der Waals surface area (Å²) < 4.78 is 13.9. The second kappa shape index (κ2) is 15.6. The first-order valence-electron chi connectivity index (χ1n) is 19.8. The molecule has 2 aromatic carbocycles. The highest BCUT2D eigenvalue weighted by Crippen LogP contribution is 2.68. The van der Waals surface area contributed by atoms with Crippen LogP contribution in [0.15, 0.2) is 88.6 Å². The molecule has 2 aromatic rings. The molecule has 0 aromatic heterocycles. The molecule has 1 amide bonds. The number of carboxylic acid groups (broad SMARTS) is 1. The van der Waals surface area contributed by atoms with E-state index in [-0.39, 0.29) is 71.0 Å². The maximum absolute atomic E-state index is 15.0. The molecule has 7 rings (SSSR count). The summed E-state index contributed by atoms with van der Waals surface area (Å²) in [5.74, 6) is -4.27. The number of aromatic hydroxyl groups is 2. The van der Waals surface area contributed by atoms with Crippen LogP contribution in [0.5, 0.6) is 17.2 Å². The molecule has 0 radical (unpaired) electrons. The number of aliphatic carboxylic acids is 1. The van der Waals surface area contributed by atoms with Gasteiger partial charge in [0, 0.05) is 47.0 Å². The van der Waals surface area contributed by atoms with Gasteiger partial charge in [0.2, 0.25) is 5.91 Å². The highest BCUT2D eigenvalue weighted by molar-refractivity contribution is 6.18. The van der Waals surface area contributed by atoms with Gasteiger partial charge in [0.25, 0.3) is 0 Å². The monoisotopic (exact) mass is 777 g/mol. The smallest absolute Gasteiger partial charge is 0.326 e. The van der Waals surface area contributed by atoms with Gasteiger partial charge in [-0.15, -0.1) is 0 Å². The summed E-state index contributed by atoms with van der Waals surface area (Å²) in [6, 6.07) is 7.79. The van der Waals surface area contributed by atoms with Crippen LogP contribution in [0.3, 0.4) is 0 Å². The lowest BCUT2D eigenvalue weighted by Gasteiger charge is -2.56. The average Bonchev–Trinajstić information content (AvgIpc) is 3.30. The zero-order valence-corrected chi connectivity index (χ0v) is 34.2. The van der Waals surface area contributed by atoms with Gasteiger partial charge in [-0.25, -0.2) is 4.79 Å². The second-order valence-electron chi connectivity index (χ2n) is 17.1. The van der Waals surface area contributed by atoms with Gasteiger partial charge in [0.1, 0.15) is 28.9 Å². The Morgan fingerprint density at radius 2 is 1.58 bits per heavy atom. The number of fused-ring (bicyclic) bond motifs is 1. The first-order chi connectivity index (χ1) is 26.8. The number of hydrogen-bond acceptors (Lipinski definition) is 8. The van der Waals surface area contributed by atoms with Gasteiger partial charge in [0.15, 0.2) is 22.8 Å². The zero-order valence-electron chi connectivity index (χ0n) is 34.2. The molecule has 4 bridgehead atoms. The Balaban J connectivity index is 1.42.